The molecule has 0 saturated carbocycles. The van der Waals surface area contributed by atoms with Gasteiger partial charge in [-0.1, -0.05) is 48.5 Å². The number of rotatable bonds is 6. The van der Waals surface area contributed by atoms with E-state index in [2.05, 4.69) is 79.6 Å². The van der Waals surface area contributed by atoms with E-state index in [0.29, 0.717) is 18.6 Å². The minimum Gasteiger partial charge on any atom is -0.415 e. The average Bonchev–Trinajstić information content (AvgIpc) is 2.51. The highest BCUT2D eigenvalue weighted by Crippen LogP contribution is 2.45. The monoisotopic (exact) mass is 427 g/mol. The van der Waals surface area contributed by atoms with Crippen LogP contribution < -0.4 is 0 Å². The Morgan fingerprint density at radius 3 is 1.96 bits per heavy atom. The van der Waals surface area contributed by atoms with Crippen LogP contribution in [0.3, 0.4) is 0 Å². The Balaban J connectivity index is 2.23. The van der Waals surface area contributed by atoms with E-state index in [4.69, 9.17) is 8.85 Å². The predicted molar refractivity (Wildman–Crippen MR) is 123 cm³/mol. The number of amides is 1. The number of β-lactam (4-membered cyclic amide) rings is 1. The standard InChI is InChI=1S/C22H45NO3Si2/c1-12-16-17-13-14-19(26-28(10,11)22(5,6)7)18(23(17)20(16)24)15-25-27(8,9)21(2,3)4/h16-19H,12-15H2,1-11H3/t16-,17-,18-,19-/m1/s1. The SMILES string of the molecule is CC[C@H]1C(=O)N2[C@H](CO[Si](C)(C)C(C)(C)C)[C@H](O[Si](C)(C)C(C)(C)C)CC[C@H]12. The van der Waals surface area contributed by atoms with Gasteiger partial charge in [0.05, 0.1) is 24.7 Å². The molecule has 0 bridgehead atoms. The zero-order valence-corrected chi connectivity index (χ0v) is 22.3. The van der Waals surface area contributed by atoms with Crippen LogP contribution in [-0.2, 0) is 13.6 Å². The molecule has 0 radical (unpaired) electrons. The van der Waals surface area contributed by atoms with Crippen molar-refractivity contribution in [3.63, 3.8) is 0 Å². The molecule has 2 aliphatic heterocycles. The first-order chi connectivity index (χ1) is 12.5. The summed E-state index contributed by atoms with van der Waals surface area (Å²) < 4.78 is 13.5. The maximum Gasteiger partial charge on any atom is 0.228 e. The molecule has 0 aromatic heterocycles. The molecule has 6 heteroatoms. The summed E-state index contributed by atoms with van der Waals surface area (Å²) in [7, 11) is -3.77. The van der Waals surface area contributed by atoms with Crippen LogP contribution >= 0.6 is 0 Å². The molecule has 0 spiro atoms. The summed E-state index contributed by atoms with van der Waals surface area (Å²) in [6, 6.07) is 0.460. The van der Waals surface area contributed by atoms with Crippen molar-refractivity contribution in [3.05, 3.63) is 0 Å². The van der Waals surface area contributed by atoms with Crippen molar-refractivity contribution in [2.45, 2.75) is 122 Å². The third kappa shape index (κ3) is 4.45. The Morgan fingerprint density at radius 2 is 1.50 bits per heavy atom. The minimum absolute atomic E-state index is 0.0669. The Morgan fingerprint density at radius 1 is 0.964 bits per heavy atom. The van der Waals surface area contributed by atoms with Crippen LogP contribution in [0.15, 0.2) is 0 Å². The minimum atomic E-state index is -1.90. The van der Waals surface area contributed by atoms with Gasteiger partial charge in [-0.15, -0.1) is 0 Å². The second-order valence-electron chi connectivity index (χ2n) is 12.0. The topological polar surface area (TPSA) is 38.8 Å². The van der Waals surface area contributed by atoms with E-state index >= 15 is 0 Å². The zero-order chi connectivity index (χ0) is 21.7. The van der Waals surface area contributed by atoms with E-state index in [0.717, 1.165) is 19.3 Å². The highest BCUT2D eigenvalue weighted by atomic mass is 28.4. The molecule has 0 aliphatic carbocycles. The maximum atomic E-state index is 12.9. The van der Waals surface area contributed by atoms with Crippen molar-refractivity contribution in [1.82, 2.24) is 4.90 Å². The molecular formula is C22H45NO3Si2. The third-order valence-electron chi connectivity index (χ3n) is 8.04. The summed E-state index contributed by atoms with van der Waals surface area (Å²) >= 11 is 0. The average molecular weight is 428 g/mol. The zero-order valence-electron chi connectivity index (χ0n) is 20.3. The third-order valence-corrected chi connectivity index (χ3v) is 17.0. The lowest BCUT2D eigenvalue weighted by molar-refractivity contribution is -0.175. The molecule has 2 fully saturated rings. The second kappa shape index (κ2) is 7.82. The van der Waals surface area contributed by atoms with Crippen molar-refractivity contribution < 1.29 is 13.6 Å². The van der Waals surface area contributed by atoms with E-state index in [-0.39, 0.29) is 28.1 Å². The Bertz CT molecular complexity index is 577. The van der Waals surface area contributed by atoms with E-state index < -0.39 is 16.6 Å². The smallest absolute Gasteiger partial charge is 0.228 e. The van der Waals surface area contributed by atoms with Gasteiger partial charge >= 0.3 is 0 Å². The summed E-state index contributed by atoms with van der Waals surface area (Å²) in [5, 5.41) is 0.335. The Labute approximate surface area is 176 Å². The van der Waals surface area contributed by atoms with Crippen molar-refractivity contribution >= 4 is 22.5 Å². The number of piperidine rings is 1. The molecule has 1 amide bonds. The van der Waals surface area contributed by atoms with Gasteiger partial charge in [0.1, 0.15) is 0 Å². The number of hydrogen-bond donors (Lipinski definition) is 0. The van der Waals surface area contributed by atoms with Crippen LogP contribution in [0.25, 0.3) is 0 Å². The Hall–Kier alpha value is -0.176. The van der Waals surface area contributed by atoms with Crippen LogP contribution in [0.5, 0.6) is 0 Å². The summed E-state index contributed by atoms with van der Waals surface area (Å²) in [5.41, 5.74) is 0. The summed E-state index contributed by atoms with van der Waals surface area (Å²) in [6.07, 6.45) is 3.16. The molecule has 2 rings (SSSR count). The van der Waals surface area contributed by atoms with Gasteiger partial charge in [-0.2, -0.15) is 0 Å². The number of carbonyl (C=O) groups excluding carboxylic acids is 1. The first-order valence-electron chi connectivity index (χ1n) is 11.2. The molecule has 164 valence electrons. The lowest BCUT2D eigenvalue weighted by atomic mass is 9.76. The first kappa shape index (κ1) is 24.1. The summed E-state index contributed by atoms with van der Waals surface area (Å²) in [5.74, 6) is 0.532. The molecule has 0 aromatic carbocycles. The summed E-state index contributed by atoms with van der Waals surface area (Å²) in [6.45, 7) is 25.7. The van der Waals surface area contributed by atoms with E-state index in [1.54, 1.807) is 0 Å². The van der Waals surface area contributed by atoms with Crippen LogP contribution in [0.2, 0.25) is 36.3 Å². The lowest BCUT2D eigenvalue weighted by Gasteiger charge is -2.58. The van der Waals surface area contributed by atoms with Crippen LogP contribution in [0, 0.1) is 5.92 Å². The number of fused-ring (bicyclic) bond motifs is 1. The molecule has 2 aliphatic rings. The van der Waals surface area contributed by atoms with Crippen molar-refractivity contribution in [1.29, 1.82) is 0 Å². The molecular weight excluding hydrogens is 382 g/mol. The van der Waals surface area contributed by atoms with Gasteiger partial charge in [0.25, 0.3) is 0 Å². The molecule has 4 nitrogen and oxygen atoms in total. The fourth-order valence-corrected chi connectivity index (χ4v) is 6.33. The lowest BCUT2D eigenvalue weighted by Crippen LogP contribution is -2.71. The van der Waals surface area contributed by atoms with Crippen LogP contribution in [0.4, 0.5) is 0 Å². The van der Waals surface area contributed by atoms with Crippen LogP contribution in [0.1, 0.15) is 67.7 Å². The number of hydrogen-bond acceptors (Lipinski definition) is 3. The Kier molecular flexibility index (Phi) is 6.73. The quantitative estimate of drug-likeness (QED) is 0.397. The van der Waals surface area contributed by atoms with E-state index in [9.17, 15) is 4.79 Å². The highest BCUT2D eigenvalue weighted by Gasteiger charge is 2.55. The molecule has 0 N–H and O–H groups in total. The molecule has 2 saturated heterocycles. The number of carbonyl (C=O) groups is 1. The van der Waals surface area contributed by atoms with Gasteiger partial charge in [-0.25, -0.2) is 0 Å². The molecule has 0 aromatic rings. The molecule has 28 heavy (non-hydrogen) atoms. The van der Waals surface area contributed by atoms with Gasteiger partial charge in [0.15, 0.2) is 16.6 Å². The van der Waals surface area contributed by atoms with Gasteiger partial charge < -0.3 is 13.8 Å². The van der Waals surface area contributed by atoms with Gasteiger partial charge in [0, 0.05) is 6.04 Å². The van der Waals surface area contributed by atoms with Crippen molar-refractivity contribution in [2.75, 3.05) is 6.61 Å². The van der Waals surface area contributed by atoms with Gasteiger partial charge in [0.2, 0.25) is 5.91 Å². The molecule has 2 heterocycles. The van der Waals surface area contributed by atoms with E-state index in [1.165, 1.54) is 0 Å². The van der Waals surface area contributed by atoms with Crippen molar-refractivity contribution in [3.8, 4) is 0 Å². The van der Waals surface area contributed by atoms with Crippen molar-refractivity contribution in [2.24, 2.45) is 5.92 Å². The maximum absolute atomic E-state index is 12.9. The second-order valence-corrected chi connectivity index (χ2v) is 21.5. The largest absolute Gasteiger partial charge is 0.415 e. The number of nitrogens with zero attached hydrogens (tertiary/aromatic N) is 1. The normalized spacial score (nSPS) is 29.5. The first-order valence-corrected chi connectivity index (χ1v) is 17.0. The van der Waals surface area contributed by atoms with Crippen LogP contribution in [-0.4, -0.2) is 52.2 Å². The fourth-order valence-electron chi connectivity index (χ4n) is 3.92. The van der Waals surface area contributed by atoms with E-state index in [1.807, 2.05) is 0 Å². The van der Waals surface area contributed by atoms with Gasteiger partial charge in [-0.05, 0) is 55.5 Å². The van der Waals surface area contributed by atoms with Gasteiger partial charge in [-0.3, -0.25) is 4.79 Å². The molecule has 4 atom stereocenters. The molecule has 0 unspecified atom stereocenters. The predicted octanol–water partition coefficient (Wildman–Crippen LogP) is 5.80. The summed E-state index contributed by atoms with van der Waals surface area (Å²) in [4.78, 5) is 15.0. The highest BCUT2D eigenvalue weighted by molar-refractivity contribution is 6.74. The fraction of sp³-hybridized carbons (Fsp3) is 0.955.